The number of fused-ring (bicyclic) bond motifs is 5. The molecule has 3 fully saturated rings. The van der Waals surface area contributed by atoms with Crippen LogP contribution in [0.1, 0.15) is 32.6 Å². The average Bonchev–Trinajstić information content (AvgIpc) is 2.71. The number of hydrogen-bond acceptors (Lipinski definition) is 1. The molecule has 3 aliphatic carbocycles. The molecule has 1 heteroatoms. The third-order valence-electron chi connectivity index (χ3n) is 5.15. The van der Waals surface area contributed by atoms with E-state index in [1.54, 1.807) is 0 Å². The van der Waals surface area contributed by atoms with Gasteiger partial charge in [0.15, 0.2) is 0 Å². The first-order valence-corrected chi connectivity index (χ1v) is 5.90. The second kappa shape index (κ2) is 2.73. The quantitative estimate of drug-likeness (QED) is 0.656. The molecule has 5 unspecified atom stereocenters. The van der Waals surface area contributed by atoms with E-state index in [9.17, 15) is 5.11 Å². The molecule has 6 atom stereocenters. The van der Waals surface area contributed by atoms with E-state index in [4.69, 9.17) is 0 Å². The van der Waals surface area contributed by atoms with E-state index in [0.29, 0.717) is 12.5 Å². The summed E-state index contributed by atoms with van der Waals surface area (Å²) in [6, 6.07) is 0. The van der Waals surface area contributed by atoms with Crippen LogP contribution in [0.4, 0.5) is 0 Å². The van der Waals surface area contributed by atoms with Gasteiger partial charge in [-0.3, -0.25) is 0 Å². The molecule has 0 aromatic carbocycles. The Kier molecular flexibility index (Phi) is 1.74. The Morgan fingerprint density at radius 1 is 1.00 bits per heavy atom. The topological polar surface area (TPSA) is 20.2 Å². The molecule has 0 amide bonds. The fourth-order valence-corrected chi connectivity index (χ4v) is 4.68. The largest absolute Gasteiger partial charge is 0.396 e. The molecular weight excluding hydrogens is 160 g/mol. The predicted molar refractivity (Wildman–Crippen MR) is 52.2 cm³/mol. The van der Waals surface area contributed by atoms with E-state index in [0.717, 1.165) is 29.6 Å². The summed E-state index contributed by atoms with van der Waals surface area (Å²) in [7, 11) is 0. The summed E-state index contributed by atoms with van der Waals surface area (Å²) in [5, 5.41) is 9.18. The Morgan fingerprint density at radius 3 is 2.54 bits per heavy atom. The normalized spacial score (nSPS) is 58.6. The molecular formula is C12H20O. The molecule has 0 saturated heterocycles. The minimum absolute atomic E-state index is 0.445. The number of rotatable bonds is 1. The highest BCUT2D eigenvalue weighted by Crippen LogP contribution is 2.61. The van der Waals surface area contributed by atoms with E-state index in [2.05, 4.69) is 6.92 Å². The molecule has 3 rings (SSSR count). The van der Waals surface area contributed by atoms with Crippen molar-refractivity contribution < 1.29 is 5.11 Å². The van der Waals surface area contributed by atoms with Crippen molar-refractivity contribution >= 4 is 0 Å². The van der Waals surface area contributed by atoms with Gasteiger partial charge in [-0.1, -0.05) is 6.92 Å². The molecule has 0 aromatic rings. The minimum Gasteiger partial charge on any atom is -0.396 e. The van der Waals surface area contributed by atoms with Crippen LogP contribution in [0.3, 0.4) is 0 Å². The Labute approximate surface area is 80.5 Å². The summed E-state index contributed by atoms with van der Waals surface area (Å²) in [4.78, 5) is 0. The third-order valence-corrected chi connectivity index (χ3v) is 5.15. The molecule has 3 aliphatic rings. The lowest BCUT2D eigenvalue weighted by atomic mass is 9.77. The van der Waals surface area contributed by atoms with Gasteiger partial charge in [0.2, 0.25) is 0 Å². The Balaban J connectivity index is 1.79. The predicted octanol–water partition coefficient (Wildman–Crippen LogP) is 2.30. The summed E-state index contributed by atoms with van der Waals surface area (Å²) >= 11 is 0. The zero-order valence-electron chi connectivity index (χ0n) is 8.45. The van der Waals surface area contributed by atoms with Crippen LogP contribution in [0, 0.1) is 35.5 Å². The molecule has 0 spiro atoms. The second-order valence-corrected chi connectivity index (χ2v) is 5.72. The van der Waals surface area contributed by atoms with E-state index in [-0.39, 0.29) is 0 Å². The maximum absolute atomic E-state index is 9.18. The van der Waals surface area contributed by atoms with Crippen LogP contribution in [0.2, 0.25) is 0 Å². The lowest BCUT2D eigenvalue weighted by molar-refractivity contribution is 0.200. The molecule has 2 bridgehead atoms. The summed E-state index contributed by atoms with van der Waals surface area (Å²) in [6.07, 6.45) is 5.69. The van der Waals surface area contributed by atoms with Crippen molar-refractivity contribution in [2.75, 3.05) is 6.61 Å². The van der Waals surface area contributed by atoms with Gasteiger partial charge in [0.05, 0.1) is 0 Å². The fraction of sp³-hybridized carbons (Fsp3) is 1.00. The van der Waals surface area contributed by atoms with Gasteiger partial charge in [0.25, 0.3) is 0 Å². The molecule has 0 radical (unpaired) electrons. The second-order valence-electron chi connectivity index (χ2n) is 5.72. The third kappa shape index (κ3) is 1.03. The fourth-order valence-electron chi connectivity index (χ4n) is 4.68. The van der Waals surface area contributed by atoms with Gasteiger partial charge in [-0.05, 0) is 61.2 Å². The lowest BCUT2D eigenvalue weighted by Gasteiger charge is -2.29. The Bertz CT molecular complexity index is 213. The first kappa shape index (κ1) is 8.28. The molecule has 74 valence electrons. The smallest absolute Gasteiger partial charge is 0.0459 e. The molecule has 0 aromatic heterocycles. The van der Waals surface area contributed by atoms with Crippen LogP contribution in [0.15, 0.2) is 0 Å². The maximum Gasteiger partial charge on any atom is 0.0459 e. The number of aliphatic hydroxyl groups excluding tert-OH is 1. The molecule has 1 N–H and O–H groups in total. The minimum atomic E-state index is 0.445. The first-order chi connectivity index (χ1) is 6.29. The van der Waals surface area contributed by atoms with Crippen molar-refractivity contribution in [1.29, 1.82) is 0 Å². The highest BCUT2D eigenvalue weighted by Gasteiger charge is 2.54. The Morgan fingerprint density at radius 2 is 1.77 bits per heavy atom. The molecule has 1 nitrogen and oxygen atoms in total. The van der Waals surface area contributed by atoms with Crippen molar-refractivity contribution in [3.05, 3.63) is 0 Å². The lowest BCUT2D eigenvalue weighted by Crippen LogP contribution is -2.22. The van der Waals surface area contributed by atoms with E-state index in [1.807, 2.05) is 0 Å². The van der Waals surface area contributed by atoms with E-state index >= 15 is 0 Å². The summed E-state index contributed by atoms with van der Waals surface area (Å²) in [5.41, 5.74) is 0. The number of aliphatic hydroxyl groups is 1. The average molecular weight is 180 g/mol. The first-order valence-electron chi connectivity index (χ1n) is 5.90. The molecule has 13 heavy (non-hydrogen) atoms. The molecule has 0 heterocycles. The Hall–Kier alpha value is -0.0400. The van der Waals surface area contributed by atoms with Gasteiger partial charge in [-0.2, -0.15) is 0 Å². The van der Waals surface area contributed by atoms with E-state index in [1.165, 1.54) is 25.7 Å². The number of hydrogen-bond donors (Lipinski definition) is 1. The van der Waals surface area contributed by atoms with Crippen LogP contribution in [0.25, 0.3) is 0 Å². The van der Waals surface area contributed by atoms with Gasteiger partial charge < -0.3 is 5.11 Å². The zero-order chi connectivity index (χ0) is 9.00. The highest BCUT2D eigenvalue weighted by molar-refractivity contribution is 5.03. The van der Waals surface area contributed by atoms with Gasteiger partial charge in [-0.25, -0.2) is 0 Å². The summed E-state index contributed by atoms with van der Waals surface area (Å²) in [6.45, 7) is 2.88. The SMILES string of the molecule is CC1C[C@H]2CC1C1CC(CO)CC12. The van der Waals surface area contributed by atoms with Crippen molar-refractivity contribution in [3.63, 3.8) is 0 Å². The van der Waals surface area contributed by atoms with Crippen LogP contribution in [0.5, 0.6) is 0 Å². The van der Waals surface area contributed by atoms with Crippen molar-refractivity contribution in [2.24, 2.45) is 35.5 Å². The van der Waals surface area contributed by atoms with Gasteiger partial charge >= 0.3 is 0 Å². The zero-order valence-corrected chi connectivity index (χ0v) is 8.45. The van der Waals surface area contributed by atoms with Crippen molar-refractivity contribution in [3.8, 4) is 0 Å². The van der Waals surface area contributed by atoms with Crippen LogP contribution in [-0.2, 0) is 0 Å². The highest BCUT2D eigenvalue weighted by atomic mass is 16.3. The van der Waals surface area contributed by atoms with Gasteiger partial charge in [-0.15, -0.1) is 0 Å². The van der Waals surface area contributed by atoms with Gasteiger partial charge in [0, 0.05) is 6.61 Å². The standard InChI is InChI=1S/C12H20O/c1-7-2-9-5-10(7)12-4-8(6-13)3-11(9)12/h7-13H,2-6H2,1H3/t7?,8?,9-,10?,11?,12?/m0/s1. The monoisotopic (exact) mass is 180 g/mol. The van der Waals surface area contributed by atoms with Crippen molar-refractivity contribution in [2.45, 2.75) is 32.6 Å². The van der Waals surface area contributed by atoms with Crippen LogP contribution >= 0.6 is 0 Å². The summed E-state index contributed by atoms with van der Waals surface area (Å²) < 4.78 is 0. The van der Waals surface area contributed by atoms with Crippen LogP contribution < -0.4 is 0 Å². The van der Waals surface area contributed by atoms with Gasteiger partial charge in [0.1, 0.15) is 0 Å². The molecule has 0 aliphatic heterocycles. The van der Waals surface area contributed by atoms with E-state index < -0.39 is 0 Å². The maximum atomic E-state index is 9.18. The van der Waals surface area contributed by atoms with Crippen molar-refractivity contribution in [1.82, 2.24) is 0 Å². The summed E-state index contributed by atoms with van der Waals surface area (Å²) in [5.74, 6) is 5.74. The molecule has 3 saturated carbocycles. The van der Waals surface area contributed by atoms with Crippen LogP contribution in [-0.4, -0.2) is 11.7 Å².